The maximum atomic E-state index is 10.8. The van der Waals surface area contributed by atoms with Gasteiger partial charge in [0.15, 0.2) is 0 Å². The van der Waals surface area contributed by atoms with E-state index in [1.165, 1.54) is 19.3 Å². The van der Waals surface area contributed by atoms with E-state index < -0.39 is 5.97 Å². The number of aliphatic carboxylic acids is 1. The lowest BCUT2D eigenvalue weighted by molar-refractivity contribution is -0.142. The fourth-order valence-corrected chi connectivity index (χ4v) is 4.73. The molecule has 2 atom stereocenters. The Hall–Kier alpha value is -0.570. The summed E-state index contributed by atoms with van der Waals surface area (Å²) < 4.78 is 0. The molecule has 4 rings (SSSR count). The Morgan fingerprint density at radius 2 is 1.87 bits per heavy atom. The average Bonchev–Trinajstić information content (AvgIpc) is 2.08. The van der Waals surface area contributed by atoms with Crippen molar-refractivity contribution in [3.63, 3.8) is 0 Å². The summed E-state index contributed by atoms with van der Waals surface area (Å²) in [5.41, 5.74) is 6.44. The van der Waals surface area contributed by atoms with Gasteiger partial charge in [-0.1, -0.05) is 0 Å². The lowest BCUT2D eigenvalue weighted by Gasteiger charge is -2.58. The molecule has 0 saturated heterocycles. The first-order valence-corrected chi connectivity index (χ1v) is 6.06. The van der Waals surface area contributed by atoms with Gasteiger partial charge >= 0.3 is 5.97 Å². The van der Waals surface area contributed by atoms with Crippen LogP contribution in [0.3, 0.4) is 0 Å². The Kier molecular flexibility index (Phi) is 1.91. The van der Waals surface area contributed by atoms with Crippen LogP contribution in [0.4, 0.5) is 0 Å². The Morgan fingerprint density at radius 3 is 2.33 bits per heavy atom. The van der Waals surface area contributed by atoms with Gasteiger partial charge in [-0.3, -0.25) is 4.79 Å². The zero-order valence-electron chi connectivity index (χ0n) is 8.98. The summed E-state index contributed by atoms with van der Waals surface area (Å²) in [5.74, 6) is 1.82. The molecule has 3 heteroatoms. The highest BCUT2D eigenvalue weighted by atomic mass is 16.4. The van der Waals surface area contributed by atoms with Crippen molar-refractivity contribution in [2.24, 2.45) is 29.4 Å². The molecule has 4 bridgehead atoms. The van der Waals surface area contributed by atoms with Gasteiger partial charge in [-0.05, 0) is 55.8 Å². The second-order valence-electron chi connectivity index (χ2n) is 6.09. The monoisotopic (exact) mass is 209 g/mol. The molecule has 0 aromatic carbocycles. The topological polar surface area (TPSA) is 63.3 Å². The van der Waals surface area contributed by atoms with Crippen molar-refractivity contribution in [3.8, 4) is 0 Å². The van der Waals surface area contributed by atoms with Gasteiger partial charge in [0.25, 0.3) is 0 Å². The molecule has 15 heavy (non-hydrogen) atoms. The number of hydrogen-bond acceptors (Lipinski definition) is 2. The van der Waals surface area contributed by atoms with Crippen LogP contribution in [0, 0.1) is 23.7 Å². The molecular formula is C12H19NO2. The number of nitrogens with two attached hydrogens (primary N) is 1. The molecule has 2 unspecified atom stereocenters. The number of rotatable bonds is 2. The normalized spacial score (nSPS) is 52.1. The first-order valence-electron chi connectivity index (χ1n) is 6.06. The Morgan fingerprint density at radius 1 is 1.27 bits per heavy atom. The van der Waals surface area contributed by atoms with E-state index in [0.29, 0.717) is 24.2 Å². The van der Waals surface area contributed by atoms with E-state index >= 15 is 0 Å². The third-order valence-electron chi connectivity index (χ3n) is 4.93. The number of hydrogen-bond donors (Lipinski definition) is 2. The quantitative estimate of drug-likeness (QED) is 0.726. The number of carbonyl (C=O) groups is 1. The Balaban J connectivity index is 1.82. The van der Waals surface area contributed by atoms with Crippen molar-refractivity contribution in [2.45, 2.75) is 44.1 Å². The zero-order chi connectivity index (χ0) is 10.6. The van der Waals surface area contributed by atoms with E-state index in [0.717, 1.165) is 18.8 Å². The van der Waals surface area contributed by atoms with Crippen LogP contribution in [-0.4, -0.2) is 16.6 Å². The fraction of sp³-hybridized carbons (Fsp3) is 0.917. The summed E-state index contributed by atoms with van der Waals surface area (Å²) in [6.07, 6.45) is 6.22. The minimum Gasteiger partial charge on any atom is -0.481 e. The zero-order valence-corrected chi connectivity index (χ0v) is 8.98. The molecule has 4 fully saturated rings. The predicted molar refractivity (Wildman–Crippen MR) is 56.2 cm³/mol. The van der Waals surface area contributed by atoms with Gasteiger partial charge in [0, 0.05) is 12.0 Å². The summed E-state index contributed by atoms with van der Waals surface area (Å²) in [6.45, 7) is 0. The van der Waals surface area contributed by atoms with E-state index in [1.807, 2.05) is 0 Å². The lowest BCUT2D eigenvalue weighted by atomic mass is 9.49. The van der Waals surface area contributed by atoms with Crippen LogP contribution in [0.15, 0.2) is 0 Å². The highest BCUT2D eigenvalue weighted by Crippen LogP contribution is 2.58. The molecule has 4 saturated carbocycles. The molecule has 0 heterocycles. The molecule has 84 valence electrons. The molecule has 3 nitrogen and oxygen atoms in total. The van der Waals surface area contributed by atoms with Crippen LogP contribution in [0.1, 0.15) is 38.5 Å². The summed E-state index contributed by atoms with van der Waals surface area (Å²) in [5, 5.41) is 8.93. The second-order valence-corrected chi connectivity index (χ2v) is 6.09. The van der Waals surface area contributed by atoms with Gasteiger partial charge < -0.3 is 10.8 Å². The largest absolute Gasteiger partial charge is 0.481 e. The molecule has 0 spiro atoms. The molecule has 0 aromatic rings. The molecule has 0 amide bonds. The van der Waals surface area contributed by atoms with Crippen molar-refractivity contribution < 1.29 is 9.90 Å². The van der Waals surface area contributed by atoms with Crippen LogP contribution in [0.25, 0.3) is 0 Å². The van der Waals surface area contributed by atoms with Gasteiger partial charge in [-0.25, -0.2) is 0 Å². The highest BCUT2D eigenvalue weighted by molar-refractivity contribution is 5.67. The minimum absolute atomic E-state index is 0.0749. The third kappa shape index (κ3) is 1.48. The average molecular weight is 209 g/mol. The Bertz CT molecular complexity index is 286. The van der Waals surface area contributed by atoms with Crippen LogP contribution < -0.4 is 5.73 Å². The second kappa shape index (κ2) is 2.97. The van der Waals surface area contributed by atoms with E-state index in [2.05, 4.69) is 0 Å². The summed E-state index contributed by atoms with van der Waals surface area (Å²) in [6, 6.07) is 0. The summed E-state index contributed by atoms with van der Waals surface area (Å²) >= 11 is 0. The third-order valence-corrected chi connectivity index (χ3v) is 4.93. The van der Waals surface area contributed by atoms with E-state index in [1.54, 1.807) is 0 Å². The predicted octanol–water partition coefficient (Wildman–Crippen LogP) is 1.61. The summed E-state index contributed by atoms with van der Waals surface area (Å²) in [4.78, 5) is 10.8. The van der Waals surface area contributed by atoms with Crippen LogP contribution in [-0.2, 0) is 4.79 Å². The first kappa shape index (κ1) is 9.64. The molecule has 0 aromatic heterocycles. The van der Waals surface area contributed by atoms with Crippen molar-refractivity contribution >= 4 is 5.97 Å². The molecule has 0 aliphatic heterocycles. The SMILES string of the molecule is NC12CC3CC(C1)C(CC(=O)O)C(C3)C2. The van der Waals surface area contributed by atoms with Crippen LogP contribution in [0.5, 0.6) is 0 Å². The number of carboxylic acids is 1. The maximum absolute atomic E-state index is 10.8. The van der Waals surface area contributed by atoms with Gasteiger partial charge in [0.2, 0.25) is 0 Å². The van der Waals surface area contributed by atoms with E-state index in [9.17, 15) is 4.79 Å². The first-order chi connectivity index (χ1) is 7.06. The van der Waals surface area contributed by atoms with Gasteiger partial charge in [-0.15, -0.1) is 0 Å². The van der Waals surface area contributed by atoms with Crippen molar-refractivity contribution in [2.75, 3.05) is 0 Å². The Labute approximate surface area is 90.0 Å². The molecular weight excluding hydrogens is 190 g/mol. The summed E-state index contributed by atoms with van der Waals surface area (Å²) in [7, 11) is 0. The van der Waals surface area contributed by atoms with Gasteiger partial charge in [0.05, 0.1) is 0 Å². The molecule has 4 aliphatic carbocycles. The van der Waals surface area contributed by atoms with Crippen molar-refractivity contribution in [3.05, 3.63) is 0 Å². The maximum Gasteiger partial charge on any atom is 0.303 e. The van der Waals surface area contributed by atoms with E-state index in [-0.39, 0.29) is 5.54 Å². The number of carboxylic acid groups (broad SMARTS) is 1. The van der Waals surface area contributed by atoms with Crippen molar-refractivity contribution in [1.82, 2.24) is 0 Å². The van der Waals surface area contributed by atoms with Gasteiger partial charge in [0.1, 0.15) is 0 Å². The van der Waals surface area contributed by atoms with Crippen LogP contribution >= 0.6 is 0 Å². The molecule has 0 radical (unpaired) electrons. The van der Waals surface area contributed by atoms with Gasteiger partial charge in [-0.2, -0.15) is 0 Å². The molecule has 3 N–H and O–H groups in total. The minimum atomic E-state index is -0.626. The smallest absolute Gasteiger partial charge is 0.303 e. The van der Waals surface area contributed by atoms with Crippen molar-refractivity contribution in [1.29, 1.82) is 0 Å². The standard InChI is InChI=1S/C12H19NO2/c13-12-4-7-1-8(5-12)10(3-11(14)15)9(2-7)6-12/h7-10H,1-6,13H2,(H,14,15). The van der Waals surface area contributed by atoms with Crippen LogP contribution in [0.2, 0.25) is 0 Å². The highest BCUT2D eigenvalue weighted by Gasteiger charge is 2.53. The fourth-order valence-electron chi connectivity index (χ4n) is 4.73. The molecule has 4 aliphatic rings. The van der Waals surface area contributed by atoms with E-state index in [4.69, 9.17) is 10.8 Å². The lowest BCUT2D eigenvalue weighted by Crippen LogP contribution is -2.59.